The highest BCUT2D eigenvalue weighted by Gasteiger charge is 2.31. The normalized spacial score (nSPS) is 11.3. The lowest BCUT2D eigenvalue weighted by Gasteiger charge is -2.05. The van der Waals surface area contributed by atoms with Crippen LogP contribution in [0.3, 0.4) is 0 Å². The van der Waals surface area contributed by atoms with Crippen molar-refractivity contribution < 1.29 is 13.2 Å². The molecular weight excluding hydrogens is 171 g/mol. The first-order chi connectivity index (χ1) is 5.54. The molecule has 0 aliphatic heterocycles. The van der Waals surface area contributed by atoms with Gasteiger partial charge in [0.05, 0.1) is 11.8 Å². The van der Waals surface area contributed by atoms with Crippen molar-refractivity contribution in [2.45, 2.75) is 6.18 Å². The fourth-order valence-electron chi connectivity index (χ4n) is 0.644. The minimum Gasteiger partial charge on any atom is -0.372 e. The first kappa shape index (κ1) is 8.76. The smallest absolute Gasteiger partial charge is 0.372 e. The molecule has 1 heterocycles. The summed E-state index contributed by atoms with van der Waals surface area (Å²) < 4.78 is 36.0. The van der Waals surface area contributed by atoms with Gasteiger partial charge in [0.2, 0.25) is 0 Å². The summed E-state index contributed by atoms with van der Waals surface area (Å²) in [6.45, 7) is 0. The van der Waals surface area contributed by atoms with Gasteiger partial charge in [0.15, 0.2) is 0 Å². The van der Waals surface area contributed by atoms with Gasteiger partial charge in [0, 0.05) is 7.05 Å². The molecule has 0 bridgehead atoms. The van der Waals surface area contributed by atoms with Crippen molar-refractivity contribution in [3.8, 4) is 0 Å². The van der Waals surface area contributed by atoms with E-state index >= 15 is 0 Å². The second-order valence-electron chi connectivity index (χ2n) is 2.08. The predicted molar refractivity (Wildman–Crippen MR) is 36.6 cm³/mol. The van der Waals surface area contributed by atoms with Gasteiger partial charge in [-0.1, -0.05) is 0 Å². The Morgan fingerprint density at radius 3 is 2.58 bits per heavy atom. The van der Waals surface area contributed by atoms with E-state index in [-0.39, 0.29) is 5.82 Å². The van der Waals surface area contributed by atoms with Gasteiger partial charge < -0.3 is 5.32 Å². The monoisotopic (exact) mass is 177 g/mol. The SMILES string of the molecule is CNc1cc(C(F)(F)F)cnn1. The largest absolute Gasteiger partial charge is 0.418 e. The third kappa shape index (κ3) is 1.84. The predicted octanol–water partition coefficient (Wildman–Crippen LogP) is 1.54. The van der Waals surface area contributed by atoms with Crippen molar-refractivity contribution in [2.24, 2.45) is 0 Å². The molecule has 0 unspecified atom stereocenters. The number of nitrogens with one attached hydrogen (secondary N) is 1. The van der Waals surface area contributed by atoms with Crippen LogP contribution in [0, 0.1) is 0 Å². The van der Waals surface area contributed by atoms with Gasteiger partial charge in [-0.2, -0.15) is 18.3 Å². The summed E-state index contributed by atoms with van der Waals surface area (Å²) in [4.78, 5) is 0. The number of nitrogens with zero attached hydrogens (tertiary/aromatic N) is 2. The summed E-state index contributed by atoms with van der Waals surface area (Å²) in [5, 5.41) is 9.07. The number of aromatic nitrogens is 2. The van der Waals surface area contributed by atoms with E-state index in [2.05, 4.69) is 15.5 Å². The summed E-state index contributed by atoms with van der Waals surface area (Å²) in [5.74, 6) is 0.102. The van der Waals surface area contributed by atoms with Crippen LogP contribution in [0.5, 0.6) is 0 Å². The molecule has 3 nitrogen and oxygen atoms in total. The summed E-state index contributed by atoms with van der Waals surface area (Å²) in [5.41, 5.74) is -0.804. The number of alkyl halides is 3. The average Bonchev–Trinajstić information content (AvgIpc) is 2.03. The van der Waals surface area contributed by atoms with Gasteiger partial charge in [-0.05, 0) is 6.07 Å². The Morgan fingerprint density at radius 1 is 1.42 bits per heavy atom. The quantitative estimate of drug-likeness (QED) is 0.706. The zero-order valence-corrected chi connectivity index (χ0v) is 6.18. The molecule has 0 amide bonds. The Kier molecular flexibility index (Phi) is 2.16. The van der Waals surface area contributed by atoms with Crippen molar-refractivity contribution in [3.05, 3.63) is 17.8 Å². The highest BCUT2D eigenvalue weighted by molar-refractivity contribution is 5.35. The fourth-order valence-corrected chi connectivity index (χ4v) is 0.644. The van der Waals surface area contributed by atoms with E-state index in [9.17, 15) is 13.2 Å². The molecule has 1 aromatic heterocycles. The minimum absolute atomic E-state index is 0.102. The number of hydrogen-bond donors (Lipinski definition) is 1. The highest BCUT2D eigenvalue weighted by Crippen LogP contribution is 2.29. The molecule has 12 heavy (non-hydrogen) atoms. The third-order valence-corrected chi connectivity index (χ3v) is 1.24. The van der Waals surface area contributed by atoms with Gasteiger partial charge in [0.25, 0.3) is 0 Å². The minimum atomic E-state index is -4.36. The van der Waals surface area contributed by atoms with Crippen molar-refractivity contribution in [3.63, 3.8) is 0 Å². The molecule has 0 atom stereocenters. The van der Waals surface area contributed by atoms with Gasteiger partial charge in [-0.25, -0.2) is 0 Å². The summed E-state index contributed by atoms with van der Waals surface area (Å²) in [6, 6.07) is 0.896. The maximum Gasteiger partial charge on any atom is 0.418 e. The number of anilines is 1. The summed E-state index contributed by atoms with van der Waals surface area (Å²) >= 11 is 0. The van der Waals surface area contributed by atoms with Crippen LogP contribution in [0.25, 0.3) is 0 Å². The molecule has 0 radical (unpaired) electrons. The topological polar surface area (TPSA) is 37.8 Å². The van der Waals surface area contributed by atoms with E-state index in [1.807, 2.05) is 0 Å². The second kappa shape index (κ2) is 2.96. The Morgan fingerprint density at radius 2 is 2.08 bits per heavy atom. The Labute approximate surface area is 66.6 Å². The molecule has 0 spiro atoms. The van der Waals surface area contributed by atoms with E-state index < -0.39 is 11.7 Å². The van der Waals surface area contributed by atoms with Crippen molar-refractivity contribution >= 4 is 5.82 Å². The number of halogens is 3. The molecule has 0 aliphatic carbocycles. The lowest BCUT2D eigenvalue weighted by atomic mass is 10.3. The van der Waals surface area contributed by atoms with Crippen molar-refractivity contribution in [2.75, 3.05) is 12.4 Å². The zero-order chi connectivity index (χ0) is 9.19. The zero-order valence-electron chi connectivity index (χ0n) is 6.18. The molecule has 6 heteroatoms. The maximum atomic E-state index is 12.0. The Hall–Kier alpha value is -1.33. The number of rotatable bonds is 1. The lowest BCUT2D eigenvalue weighted by molar-refractivity contribution is -0.137. The molecule has 0 aromatic carbocycles. The van der Waals surface area contributed by atoms with Crippen LogP contribution < -0.4 is 5.32 Å². The Balaban J connectivity index is 3.02. The van der Waals surface area contributed by atoms with Crippen LogP contribution in [0.1, 0.15) is 5.56 Å². The summed E-state index contributed by atoms with van der Waals surface area (Å²) in [7, 11) is 1.48. The molecule has 1 rings (SSSR count). The third-order valence-electron chi connectivity index (χ3n) is 1.24. The van der Waals surface area contributed by atoms with E-state index in [4.69, 9.17) is 0 Å². The molecule has 1 aromatic rings. The van der Waals surface area contributed by atoms with Crippen LogP contribution in [0.2, 0.25) is 0 Å². The lowest BCUT2D eigenvalue weighted by Crippen LogP contribution is -2.07. The van der Waals surface area contributed by atoms with Gasteiger partial charge in [0.1, 0.15) is 5.82 Å². The molecule has 0 aliphatic rings. The van der Waals surface area contributed by atoms with E-state index in [1.165, 1.54) is 7.05 Å². The van der Waals surface area contributed by atoms with Gasteiger partial charge >= 0.3 is 6.18 Å². The summed E-state index contributed by atoms with van der Waals surface area (Å²) in [6.07, 6.45) is -3.68. The van der Waals surface area contributed by atoms with Gasteiger partial charge in [-0.15, -0.1) is 5.10 Å². The van der Waals surface area contributed by atoms with E-state index in [0.29, 0.717) is 6.20 Å². The second-order valence-corrected chi connectivity index (χ2v) is 2.08. The molecule has 0 saturated heterocycles. The van der Waals surface area contributed by atoms with Crippen LogP contribution in [-0.4, -0.2) is 17.2 Å². The number of hydrogen-bond acceptors (Lipinski definition) is 3. The molecule has 0 fully saturated rings. The fraction of sp³-hybridized carbons (Fsp3) is 0.333. The first-order valence-electron chi connectivity index (χ1n) is 3.11. The molecular formula is C6H6F3N3. The van der Waals surface area contributed by atoms with Crippen molar-refractivity contribution in [1.82, 2.24) is 10.2 Å². The van der Waals surface area contributed by atoms with Crippen LogP contribution in [0.4, 0.5) is 19.0 Å². The standard InChI is InChI=1S/C6H6F3N3/c1-10-5-2-4(3-11-12-5)6(7,8)9/h2-3H,1H3,(H,10,12). The molecule has 0 saturated carbocycles. The van der Waals surface area contributed by atoms with E-state index in [1.54, 1.807) is 0 Å². The van der Waals surface area contributed by atoms with Crippen molar-refractivity contribution in [1.29, 1.82) is 0 Å². The van der Waals surface area contributed by atoms with Crippen LogP contribution in [-0.2, 0) is 6.18 Å². The highest BCUT2D eigenvalue weighted by atomic mass is 19.4. The van der Waals surface area contributed by atoms with Crippen LogP contribution in [0.15, 0.2) is 12.3 Å². The van der Waals surface area contributed by atoms with Crippen LogP contribution >= 0.6 is 0 Å². The maximum absolute atomic E-state index is 12.0. The molecule has 66 valence electrons. The Bertz CT molecular complexity index is 271. The molecule has 1 N–H and O–H groups in total. The van der Waals surface area contributed by atoms with E-state index in [0.717, 1.165) is 6.07 Å². The average molecular weight is 177 g/mol. The van der Waals surface area contributed by atoms with Gasteiger partial charge in [-0.3, -0.25) is 0 Å². The first-order valence-corrected chi connectivity index (χ1v) is 3.11.